The Labute approximate surface area is 168 Å². The maximum atomic E-state index is 6.07. The van der Waals surface area contributed by atoms with Crippen molar-refractivity contribution in [2.75, 3.05) is 32.8 Å². The van der Waals surface area contributed by atoms with Crippen molar-refractivity contribution in [2.24, 2.45) is 15.8 Å². The third-order valence-electron chi connectivity index (χ3n) is 5.50. The van der Waals surface area contributed by atoms with E-state index in [1.54, 1.807) is 0 Å². The van der Waals surface area contributed by atoms with Gasteiger partial charge in [-0.3, -0.25) is 9.89 Å². The van der Waals surface area contributed by atoms with Crippen molar-refractivity contribution in [2.45, 2.75) is 26.2 Å². The van der Waals surface area contributed by atoms with Gasteiger partial charge in [-0.1, -0.05) is 74.5 Å². The number of hydrogen-bond donors (Lipinski definition) is 1. The molecule has 2 N–H and O–H groups in total. The molecule has 0 aromatic heterocycles. The fourth-order valence-corrected chi connectivity index (χ4v) is 3.65. The first kappa shape index (κ1) is 20.2. The molecule has 0 amide bonds. The van der Waals surface area contributed by atoms with Gasteiger partial charge in [-0.15, -0.1) is 0 Å². The number of aliphatic imine (C=N–C) groups is 1. The zero-order chi connectivity index (χ0) is 20.0. The zero-order valence-electron chi connectivity index (χ0n) is 17.2. The lowest BCUT2D eigenvalue weighted by molar-refractivity contribution is 0.311. The summed E-state index contributed by atoms with van der Waals surface area (Å²) in [6.45, 7) is 10.2. The molecule has 0 fully saturated rings. The van der Waals surface area contributed by atoms with Gasteiger partial charge >= 0.3 is 0 Å². The van der Waals surface area contributed by atoms with Crippen LogP contribution in [0, 0.1) is 0 Å². The van der Waals surface area contributed by atoms with Crippen LogP contribution in [-0.4, -0.2) is 54.3 Å². The number of hydrazone groups is 1. The second kappa shape index (κ2) is 9.13. The van der Waals surface area contributed by atoms with Crippen molar-refractivity contribution in [1.82, 2.24) is 9.91 Å². The summed E-state index contributed by atoms with van der Waals surface area (Å²) < 4.78 is 0. The molecule has 5 nitrogen and oxygen atoms in total. The minimum atomic E-state index is -0.228. The van der Waals surface area contributed by atoms with Crippen LogP contribution in [0.15, 0.2) is 70.8 Å². The summed E-state index contributed by atoms with van der Waals surface area (Å²) in [6.07, 6.45) is 0. The quantitative estimate of drug-likeness (QED) is 0.595. The summed E-state index contributed by atoms with van der Waals surface area (Å²) >= 11 is 0. The summed E-state index contributed by atoms with van der Waals surface area (Å²) in [5.74, 6) is 0.833. The number of benzene rings is 2. The third kappa shape index (κ3) is 4.16. The number of amidine groups is 1. The molecule has 2 aromatic carbocycles. The van der Waals surface area contributed by atoms with Crippen molar-refractivity contribution in [3.63, 3.8) is 0 Å². The largest absolute Gasteiger partial charge is 0.324 e. The molecule has 0 saturated heterocycles. The van der Waals surface area contributed by atoms with Gasteiger partial charge in [-0.2, -0.15) is 5.10 Å². The lowest BCUT2D eigenvalue weighted by Gasteiger charge is -2.28. The van der Waals surface area contributed by atoms with Gasteiger partial charge in [0.15, 0.2) is 0 Å². The lowest BCUT2D eigenvalue weighted by atomic mass is 9.76. The number of hydrogen-bond acceptors (Lipinski definition) is 4. The number of nitrogens with two attached hydrogens (primary N) is 1. The van der Waals surface area contributed by atoms with Crippen LogP contribution in [0.25, 0.3) is 0 Å². The Kier molecular flexibility index (Phi) is 6.60. The van der Waals surface area contributed by atoms with Crippen molar-refractivity contribution >= 4 is 11.5 Å². The van der Waals surface area contributed by atoms with Crippen LogP contribution in [0.1, 0.15) is 31.9 Å². The highest BCUT2D eigenvalue weighted by Crippen LogP contribution is 2.35. The number of nitrogens with zero attached hydrogens (tertiary/aromatic N) is 4. The molecule has 3 rings (SSSR count). The summed E-state index contributed by atoms with van der Waals surface area (Å²) in [7, 11) is 0. The van der Waals surface area contributed by atoms with Crippen molar-refractivity contribution in [3.8, 4) is 0 Å². The first-order chi connectivity index (χ1) is 13.6. The van der Waals surface area contributed by atoms with E-state index < -0.39 is 0 Å². The van der Waals surface area contributed by atoms with E-state index >= 15 is 0 Å². The molecule has 148 valence electrons. The maximum absolute atomic E-state index is 6.07. The van der Waals surface area contributed by atoms with Crippen molar-refractivity contribution in [3.05, 3.63) is 71.8 Å². The van der Waals surface area contributed by atoms with Crippen LogP contribution in [0.5, 0.6) is 0 Å². The van der Waals surface area contributed by atoms with E-state index in [9.17, 15) is 0 Å². The summed E-state index contributed by atoms with van der Waals surface area (Å²) in [4.78, 5) is 7.06. The van der Waals surface area contributed by atoms with Gasteiger partial charge in [-0.25, -0.2) is 5.01 Å². The maximum Gasteiger partial charge on any atom is 0.135 e. The lowest BCUT2D eigenvalue weighted by Crippen LogP contribution is -2.39. The highest BCUT2D eigenvalue weighted by atomic mass is 15.5. The molecule has 0 bridgehead atoms. The van der Waals surface area contributed by atoms with E-state index in [-0.39, 0.29) is 5.41 Å². The van der Waals surface area contributed by atoms with Gasteiger partial charge in [0.05, 0.1) is 30.9 Å². The molecule has 0 radical (unpaired) electrons. The second-order valence-electron chi connectivity index (χ2n) is 7.29. The molecule has 28 heavy (non-hydrogen) atoms. The SMILES string of the molecule is CCN(CC)CN=C(CN)N1CC(C)(c2ccccc2)C(c2ccccc2)=N1. The molecule has 2 aromatic rings. The van der Waals surface area contributed by atoms with Crippen LogP contribution in [0.4, 0.5) is 0 Å². The smallest absolute Gasteiger partial charge is 0.135 e. The molecule has 1 atom stereocenters. The molecule has 0 aliphatic carbocycles. The molecule has 1 heterocycles. The fraction of sp³-hybridized carbons (Fsp3) is 0.391. The summed E-state index contributed by atoms with van der Waals surface area (Å²) in [5.41, 5.74) is 9.29. The van der Waals surface area contributed by atoms with E-state index in [0.29, 0.717) is 13.2 Å². The minimum Gasteiger partial charge on any atom is -0.324 e. The van der Waals surface area contributed by atoms with Crippen LogP contribution < -0.4 is 5.73 Å². The standard InChI is InChI=1S/C23H31N5/c1-4-27(5-2)18-25-21(16-24)28-17-23(3,20-14-10-7-11-15-20)22(26-28)19-12-8-6-9-13-19/h6-15H,4-5,16-18,24H2,1-3H3. The van der Waals surface area contributed by atoms with Crippen LogP contribution in [0.2, 0.25) is 0 Å². The Morgan fingerprint density at radius 2 is 1.68 bits per heavy atom. The second-order valence-corrected chi connectivity index (χ2v) is 7.29. The summed E-state index contributed by atoms with van der Waals surface area (Å²) in [6, 6.07) is 21.0. The van der Waals surface area contributed by atoms with Gasteiger partial charge in [-0.05, 0) is 31.1 Å². The van der Waals surface area contributed by atoms with Crippen molar-refractivity contribution in [1.29, 1.82) is 0 Å². The first-order valence-electron chi connectivity index (χ1n) is 10.1. The average molecular weight is 378 g/mol. The van der Waals surface area contributed by atoms with E-state index in [0.717, 1.165) is 36.7 Å². The molecule has 0 spiro atoms. The van der Waals surface area contributed by atoms with Gasteiger partial charge in [0.25, 0.3) is 0 Å². The molecule has 5 heteroatoms. The predicted molar refractivity (Wildman–Crippen MR) is 118 cm³/mol. The Hall–Kier alpha value is -2.50. The molecular weight excluding hydrogens is 346 g/mol. The molecular formula is C23H31N5. The average Bonchev–Trinajstić information content (AvgIpc) is 3.11. The van der Waals surface area contributed by atoms with Crippen molar-refractivity contribution < 1.29 is 0 Å². The number of rotatable bonds is 7. The van der Waals surface area contributed by atoms with E-state index in [4.69, 9.17) is 15.8 Å². The van der Waals surface area contributed by atoms with Gasteiger partial charge < -0.3 is 5.73 Å². The third-order valence-corrected chi connectivity index (χ3v) is 5.50. The van der Waals surface area contributed by atoms with E-state index in [1.807, 2.05) is 11.1 Å². The van der Waals surface area contributed by atoms with E-state index in [1.165, 1.54) is 5.56 Å². The Balaban J connectivity index is 1.98. The van der Waals surface area contributed by atoms with Crippen LogP contribution in [0.3, 0.4) is 0 Å². The highest BCUT2D eigenvalue weighted by Gasteiger charge is 2.41. The van der Waals surface area contributed by atoms with Crippen LogP contribution >= 0.6 is 0 Å². The summed E-state index contributed by atoms with van der Waals surface area (Å²) in [5, 5.41) is 7.01. The minimum absolute atomic E-state index is 0.228. The normalized spacial score (nSPS) is 20.0. The first-order valence-corrected chi connectivity index (χ1v) is 10.1. The van der Waals surface area contributed by atoms with Gasteiger partial charge in [0, 0.05) is 0 Å². The Morgan fingerprint density at radius 3 is 2.25 bits per heavy atom. The Bertz CT molecular complexity index is 811. The molecule has 0 saturated carbocycles. The fourth-order valence-electron chi connectivity index (χ4n) is 3.65. The van der Waals surface area contributed by atoms with E-state index in [2.05, 4.69) is 80.3 Å². The van der Waals surface area contributed by atoms with Gasteiger partial charge in [0.2, 0.25) is 0 Å². The molecule has 1 aliphatic rings. The molecule has 1 unspecified atom stereocenters. The van der Waals surface area contributed by atoms with Gasteiger partial charge in [0.1, 0.15) is 5.84 Å². The monoisotopic (exact) mass is 377 g/mol. The van der Waals surface area contributed by atoms with Crippen LogP contribution in [-0.2, 0) is 5.41 Å². The Morgan fingerprint density at radius 1 is 1.07 bits per heavy atom. The molecule has 1 aliphatic heterocycles. The predicted octanol–water partition coefficient (Wildman–Crippen LogP) is 3.32. The zero-order valence-corrected chi connectivity index (χ0v) is 17.2. The highest BCUT2D eigenvalue weighted by molar-refractivity contribution is 6.10. The topological polar surface area (TPSA) is 57.2 Å².